The highest BCUT2D eigenvalue weighted by Gasteiger charge is 2.24. The Bertz CT molecular complexity index is 419. The van der Waals surface area contributed by atoms with Gasteiger partial charge in [-0.15, -0.1) is 0 Å². The average Bonchev–Trinajstić information content (AvgIpc) is 2.84. The van der Waals surface area contributed by atoms with E-state index in [2.05, 4.69) is 18.7 Å². The van der Waals surface area contributed by atoms with Crippen LogP contribution in [0.5, 0.6) is 0 Å². The lowest BCUT2D eigenvalue weighted by Gasteiger charge is -2.22. The van der Waals surface area contributed by atoms with Crippen molar-refractivity contribution in [1.29, 1.82) is 0 Å². The minimum atomic E-state index is 0.0274. The van der Waals surface area contributed by atoms with Crippen molar-refractivity contribution in [2.45, 2.75) is 39.7 Å². The molecule has 1 aliphatic rings. The third-order valence-electron chi connectivity index (χ3n) is 3.86. The molecular formula is C15H21NO. The first-order valence-electron chi connectivity index (χ1n) is 6.45. The fourth-order valence-corrected chi connectivity index (χ4v) is 2.43. The zero-order valence-corrected chi connectivity index (χ0v) is 11.0. The summed E-state index contributed by atoms with van der Waals surface area (Å²) in [5, 5.41) is 0. The summed E-state index contributed by atoms with van der Waals surface area (Å²) in [5.41, 5.74) is 3.30. The van der Waals surface area contributed by atoms with Gasteiger partial charge < -0.3 is 0 Å². The molecule has 1 aliphatic heterocycles. The SMILES string of the molecule is Cc1ccc(C(=O)C(C)N2CCCC2)cc1C. The number of nitrogens with zero attached hydrogens (tertiary/aromatic N) is 1. The summed E-state index contributed by atoms with van der Waals surface area (Å²) in [6.07, 6.45) is 2.45. The maximum atomic E-state index is 12.4. The first kappa shape index (κ1) is 12.3. The molecule has 92 valence electrons. The summed E-state index contributed by atoms with van der Waals surface area (Å²) in [6.45, 7) is 8.30. The molecule has 1 aromatic rings. The van der Waals surface area contributed by atoms with E-state index in [0.29, 0.717) is 0 Å². The Hall–Kier alpha value is -1.15. The summed E-state index contributed by atoms with van der Waals surface area (Å²) in [5.74, 6) is 0.259. The molecule has 0 amide bonds. The molecule has 0 spiro atoms. The van der Waals surface area contributed by atoms with Crippen LogP contribution >= 0.6 is 0 Å². The predicted octanol–water partition coefficient (Wildman–Crippen LogP) is 2.97. The molecule has 1 aromatic carbocycles. The van der Waals surface area contributed by atoms with Crippen molar-refractivity contribution in [2.24, 2.45) is 0 Å². The standard InChI is InChI=1S/C15H21NO/c1-11-6-7-14(10-12(11)2)15(17)13(3)16-8-4-5-9-16/h6-7,10,13H,4-5,8-9H2,1-3H3. The molecule has 0 N–H and O–H groups in total. The quantitative estimate of drug-likeness (QED) is 0.745. The number of carbonyl (C=O) groups is 1. The van der Waals surface area contributed by atoms with E-state index in [1.807, 2.05) is 25.1 Å². The molecule has 2 rings (SSSR count). The number of rotatable bonds is 3. The summed E-state index contributed by atoms with van der Waals surface area (Å²) in [4.78, 5) is 14.6. The van der Waals surface area contributed by atoms with Crippen LogP contribution in [0.3, 0.4) is 0 Å². The molecule has 1 saturated heterocycles. The van der Waals surface area contributed by atoms with Crippen LogP contribution in [-0.4, -0.2) is 29.8 Å². The van der Waals surface area contributed by atoms with E-state index in [1.54, 1.807) is 0 Å². The Balaban J connectivity index is 2.15. The second-order valence-electron chi connectivity index (χ2n) is 5.08. The van der Waals surface area contributed by atoms with E-state index < -0.39 is 0 Å². The topological polar surface area (TPSA) is 20.3 Å². The summed E-state index contributed by atoms with van der Waals surface area (Å²) in [7, 11) is 0. The molecule has 2 nitrogen and oxygen atoms in total. The zero-order valence-electron chi connectivity index (χ0n) is 11.0. The fourth-order valence-electron chi connectivity index (χ4n) is 2.43. The fraction of sp³-hybridized carbons (Fsp3) is 0.533. The Morgan fingerprint density at radius 1 is 1.18 bits per heavy atom. The molecule has 0 bridgehead atoms. The van der Waals surface area contributed by atoms with Crippen molar-refractivity contribution in [3.63, 3.8) is 0 Å². The van der Waals surface area contributed by atoms with Crippen molar-refractivity contribution in [2.75, 3.05) is 13.1 Å². The van der Waals surface area contributed by atoms with Gasteiger partial charge in [0.05, 0.1) is 6.04 Å². The highest BCUT2D eigenvalue weighted by molar-refractivity contribution is 6.00. The van der Waals surface area contributed by atoms with E-state index in [-0.39, 0.29) is 11.8 Å². The van der Waals surface area contributed by atoms with Gasteiger partial charge in [0, 0.05) is 5.56 Å². The van der Waals surface area contributed by atoms with Gasteiger partial charge in [0.1, 0.15) is 0 Å². The Morgan fingerprint density at radius 2 is 1.82 bits per heavy atom. The smallest absolute Gasteiger partial charge is 0.179 e. The lowest BCUT2D eigenvalue weighted by molar-refractivity contribution is 0.0867. The van der Waals surface area contributed by atoms with E-state index in [9.17, 15) is 4.79 Å². The Morgan fingerprint density at radius 3 is 2.41 bits per heavy atom. The molecule has 0 aliphatic carbocycles. The van der Waals surface area contributed by atoms with E-state index >= 15 is 0 Å². The maximum Gasteiger partial charge on any atom is 0.179 e. The molecule has 1 heterocycles. The number of hydrogen-bond acceptors (Lipinski definition) is 2. The average molecular weight is 231 g/mol. The monoisotopic (exact) mass is 231 g/mol. The Kier molecular flexibility index (Phi) is 3.63. The first-order valence-corrected chi connectivity index (χ1v) is 6.45. The van der Waals surface area contributed by atoms with Crippen molar-refractivity contribution < 1.29 is 4.79 Å². The van der Waals surface area contributed by atoms with Crippen LogP contribution in [0.4, 0.5) is 0 Å². The molecule has 1 atom stereocenters. The highest BCUT2D eigenvalue weighted by Crippen LogP contribution is 2.17. The lowest BCUT2D eigenvalue weighted by Crippen LogP contribution is -2.36. The molecule has 1 fully saturated rings. The van der Waals surface area contributed by atoms with Gasteiger partial charge in [-0.3, -0.25) is 9.69 Å². The molecule has 2 heteroatoms. The van der Waals surface area contributed by atoms with Crippen LogP contribution in [0, 0.1) is 13.8 Å². The summed E-state index contributed by atoms with van der Waals surface area (Å²) < 4.78 is 0. The van der Waals surface area contributed by atoms with E-state index in [4.69, 9.17) is 0 Å². The van der Waals surface area contributed by atoms with Crippen LogP contribution in [0.15, 0.2) is 18.2 Å². The van der Waals surface area contributed by atoms with Gasteiger partial charge in [-0.1, -0.05) is 12.1 Å². The second-order valence-corrected chi connectivity index (χ2v) is 5.08. The van der Waals surface area contributed by atoms with Crippen molar-refractivity contribution in [3.05, 3.63) is 34.9 Å². The minimum absolute atomic E-state index is 0.0274. The molecule has 0 aromatic heterocycles. The molecular weight excluding hydrogens is 210 g/mol. The second kappa shape index (κ2) is 5.01. The molecule has 0 radical (unpaired) electrons. The van der Waals surface area contributed by atoms with Gasteiger partial charge in [-0.05, 0) is 63.9 Å². The van der Waals surface area contributed by atoms with Crippen LogP contribution < -0.4 is 0 Å². The number of benzene rings is 1. The van der Waals surface area contributed by atoms with Crippen LogP contribution in [0.25, 0.3) is 0 Å². The highest BCUT2D eigenvalue weighted by atomic mass is 16.1. The number of ketones is 1. The summed E-state index contributed by atoms with van der Waals surface area (Å²) >= 11 is 0. The van der Waals surface area contributed by atoms with E-state index in [0.717, 1.165) is 18.7 Å². The summed E-state index contributed by atoms with van der Waals surface area (Å²) in [6, 6.07) is 6.04. The van der Waals surface area contributed by atoms with Crippen LogP contribution in [-0.2, 0) is 0 Å². The number of likely N-dealkylation sites (tertiary alicyclic amines) is 1. The van der Waals surface area contributed by atoms with Crippen molar-refractivity contribution in [1.82, 2.24) is 4.90 Å². The largest absolute Gasteiger partial charge is 0.294 e. The van der Waals surface area contributed by atoms with Gasteiger partial charge >= 0.3 is 0 Å². The Labute approximate surface area is 104 Å². The van der Waals surface area contributed by atoms with Crippen LogP contribution in [0.1, 0.15) is 41.3 Å². The number of hydrogen-bond donors (Lipinski definition) is 0. The van der Waals surface area contributed by atoms with Crippen molar-refractivity contribution in [3.8, 4) is 0 Å². The van der Waals surface area contributed by atoms with Crippen molar-refractivity contribution >= 4 is 5.78 Å². The number of Topliss-reactive ketones (excluding diaryl/α,β-unsaturated/α-hetero) is 1. The third-order valence-corrected chi connectivity index (χ3v) is 3.86. The normalized spacial score (nSPS) is 18.3. The molecule has 0 saturated carbocycles. The van der Waals surface area contributed by atoms with Gasteiger partial charge in [0.2, 0.25) is 0 Å². The molecule has 1 unspecified atom stereocenters. The zero-order chi connectivity index (χ0) is 12.4. The minimum Gasteiger partial charge on any atom is -0.294 e. The van der Waals surface area contributed by atoms with Gasteiger partial charge in [-0.25, -0.2) is 0 Å². The maximum absolute atomic E-state index is 12.4. The lowest BCUT2D eigenvalue weighted by atomic mass is 10.00. The number of aryl methyl sites for hydroxylation is 2. The third kappa shape index (κ3) is 2.58. The van der Waals surface area contributed by atoms with Gasteiger partial charge in [-0.2, -0.15) is 0 Å². The first-order chi connectivity index (χ1) is 8.09. The van der Waals surface area contributed by atoms with Gasteiger partial charge in [0.15, 0.2) is 5.78 Å². The molecule has 17 heavy (non-hydrogen) atoms. The number of carbonyl (C=O) groups excluding carboxylic acids is 1. The van der Waals surface area contributed by atoms with Crippen LogP contribution in [0.2, 0.25) is 0 Å². The predicted molar refractivity (Wildman–Crippen MR) is 70.5 cm³/mol. The van der Waals surface area contributed by atoms with Gasteiger partial charge in [0.25, 0.3) is 0 Å². The van der Waals surface area contributed by atoms with E-state index in [1.165, 1.54) is 24.0 Å².